The Balaban J connectivity index is 1.72. The van der Waals surface area contributed by atoms with Gasteiger partial charge in [-0.05, 0) is 54.4 Å². The number of benzene rings is 1. The number of nitrogens with one attached hydrogen (secondary N) is 1. The van der Waals surface area contributed by atoms with Crippen molar-refractivity contribution in [3.8, 4) is 0 Å². The Morgan fingerprint density at radius 2 is 2.07 bits per heavy atom. The number of nitro groups is 1. The van der Waals surface area contributed by atoms with Gasteiger partial charge in [-0.3, -0.25) is 24.3 Å². The molecule has 2 heterocycles. The molecule has 0 radical (unpaired) electrons. The van der Waals surface area contributed by atoms with E-state index in [0.717, 1.165) is 22.3 Å². The molecular weight excluding hydrogens is 440 g/mol. The lowest BCUT2D eigenvalue weighted by molar-refractivity contribution is -0.386. The average Bonchev–Trinajstić information content (AvgIpc) is 3.18. The molecule has 1 amide bonds. The molecule has 0 saturated heterocycles. The van der Waals surface area contributed by atoms with Crippen LogP contribution in [-0.4, -0.2) is 30.4 Å². The van der Waals surface area contributed by atoms with Crippen molar-refractivity contribution in [3.63, 3.8) is 0 Å². The van der Waals surface area contributed by atoms with Gasteiger partial charge in [0.05, 0.1) is 28.2 Å². The fraction of sp³-hybridized carbons (Fsp3) is 0.316. The molecule has 0 fully saturated rings. The molecule has 1 aromatic carbocycles. The van der Waals surface area contributed by atoms with Crippen molar-refractivity contribution in [3.05, 3.63) is 73.3 Å². The first-order valence-corrected chi connectivity index (χ1v) is 9.86. The molecule has 0 aliphatic rings. The summed E-state index contributed by atoms with van der Waals surface area (Å²) < 4.78 is 4.22. The van der Waals surface area contributed by atoms with E-state index in [1.165, 1.54) is 0 Å². The van der Waals surface area contributed by atoms with Crippen molar-refractivity contribution in [1.29, 1.82) is 0 Å². The monoisotopic (exact) mass is 460 g/mol. The number of amides is 1. The fourth-order valence-electron chi connectivity index (χ4n) is 3.07. The summed E-state index contributed by atoms with van der Waals surface area (Å²) in [7, 11) is 0. The largest absolute Gasteiger partial charge is 0.346 e. The van der Waals surface area contributed by atoms with E-state index in [2.05, 4.69) is 31.4 Å². The van der Waals surface area contributed by atoms with Gasteiger partial charge in [-0.25, -0.2) is 0 Å². The molecule has 1 N–H and O–H groups in total. The number of aryl methyl sites for hydroxylation is 2. The Morgan fingerprint density at radius 3 is 2.69 bits per heavy atom. The van der Waals surface area contributed by atoms with Crippen molar-refractivity contribution in [2.24, 2.45) is 0 Å². The maximum atomic E-state index is 12.6. The summed E-state index contributed by atoms with van der Waals surface area (Å²) in [4.78, 5) is 23.3. The van der Waals surface area contributed by atoms with Crippen molar-refractivity contribution in [2.75, 3.05) is 0 Å². The Labute approximate surface area is 176 Å². The topological polar surface area (TPSA) is 108 Å². The standard InChI is InChI=1S/C19H21BrN6O3/c1-4-24-11-16(20)17(23-24)9-21-19(27)15-7-5-6-14(8-15)10-25-13(3)18(26(28)29)12(2)22-25/h5-8,11H,4,9-10H2,1-3H3,(H,21,27). The number of halogens is 1. The number of nitrogens with zero attached hydrogens (tertiary/aromatic N) is 5. The lowest BCUT2D eigenvalue weighted by Crippen LogP contribution is -2.23. The van der Waals surface area contributed by atoms with Crippen LogP contribution in [0.5, 0.6) is 0 Å². The van der Waals surface area contributed by atoms with Crippen LogP contribution in [0.25, 0.3) is 0 Å². The van der Waals surface area contributed by atoms with Gasteiger partial charge in [-0.1, -0.05) is 12.1 Å². The van der Waals surface area contributed by atoms with E-state index in [0.29, 0.717) is 30.0 Å². The lowest BCUT2D eigenvalue weighted by atomic mass is 10.1. The van der Waals surface area contributed by atoms with Gasteiger partial charge in [0.15, 0.2) is 0 Å². The highest BCUT2D eigenvalue weighted by atomic mass is 79.9. The van der Waals surface area contributed by atoms with Crippen LogP contribution in [0.1, 0.15) is 39.9 Å². The zero-order chi connectivity index (χ0) is 21.1. The van der Waals surface area contributed by atoms with Gasteiger partial charge in [0.2, 0.25) is 0 Å². The third kappa shape index (κ3) is 4.53. The van der Waals surface area contributed by atoms with Crippen molar-refractivity contribution >= 4 is 27.5 Å². The minimum atomic E-state index is -0.421. The molecule has 0 atom stereocenters. The highest BCUT2D eigenvalue weighted by Crippen LogP contribution is 2.22. The highest BCUT2D eigenvalue weighted by molar-refractivity contribution is 9.10. The Kier molecular flexibility index (Phi) is 6.12. The summed E-state index contributed by atoms with van der Waals surface area (Å²) in [5, 5.41) is 22.7. The van der Waals surface area contributed by atoms with E-state index in [4.69, 9.17) is 0 Å². The SMILES string of the molecule is CCn1cc(Br)c(CNC(=O)c2cccc(Cn3nc(C)c([N+](=O)[O-])c3C)c2)n1. The predicted octanol–water partition coefficient (Wildman–Crippen LogP) is 3.37. The minimum Gasteiger partial charge on any atom is -0.346 e. The molecule has 3 rings (SSSR count). The van der Waals surface area contributed by atoms with Crippen molar-refractivity contribution in [1.82, 2.24) is 24.9 Å². The second kappa shape index (κ2) is 8.56. The van der Waals surface area contributed by atoms with Crippen LogP contribution < -0.4 is 5.32 Å². The zero-order valence-electron chi connectivity index (χ0n) is 16.3. The van der Waals surface area contributed by atoms with E-state index >= 15 is 0 Å². The number of hydrogen-bond donors (Lipinski definition) is 1. The number of carbonyl (C=O) groups is 1. The van der Waals surface area contributed by atoms with Crippen LogP contribution in [0, 0.1) is 24.0 Å². The molecule has 0 spiro atoms. The van der Waals surface area contributed by atoms with Crippen LogP contribution in [0.3, 0.4) is 0 Å². The number of rotatable bonds is 7. The van der Waals surface area contributed by atoms with E-state index in [1.54, 1.807) is 41.4 Å². The van der Waals surface area contributed by atoms with Crippen molar-refractivity contribution in [2.45, 2.75) is 40.4 Å². The van der Waals surface area contributed by atoms with Crippen LogP contribution in [0.4, 0.5) is 5.69 Å². The van der Waals surface area contributed by atoms with E-state index in [-0.39, 0.29) is 11.6 Å². The Morgan fingerprint density at radius 1 is 1.31 bits per heavy atom. The van der Waals surface area contributed by atoms with Gasteiger partial charge in [0.25, 0.3) is 5.91 Å². The first-order valence-electron chi connectivity index (χ1n) is 9.07. The van der Waals surface area contributed by atoms with E-state index in [1.807, 2.05) is 19.2 Å². The molecule has 3 aromatic rings. The predicted molar refractivity (Wildman–Crippen MR) is 111 cm³/mol. The zero-order valence-corrected chi connectivity index (χ0v) is 17.9. The first-order chi connectivity index (χ1) is 13.8. The van der Waals surface area contributed by atoms with E-state index < -0.39 is 4.92 Å². The number of hydrogen-bond acceptors (Lipinski definition) is 5. The minimum absolute atomic E-state index is 0.0241. The molecule has 0 bridgehead atoms. The molecule has 0 unspecified atom stereocenters. The maximum absolute atomic E-state index is 12.6. The maximum Gasteiger partial charge on any atom is 0.312 e. The summed E-state index contributed by atoms with van der Waals surface area (Å²) in [5.74, 6) is -0.218. The summed E-state index contributed by atoms with van der Waals surface area (Å²) in [5.41, 5.74) is 2.97. The van der Waals surface area contributed by atoms with Gasteiger partial charge >= 0.3 is 5.69 Å². The molecular formula is C19H21BrN6O3. The van der Waals surface area contributed by atoms with E-state index in [9.17, 15) is 14.9 Å². The molecule has 0 aliphatic carbocycles. The summed E-state index contributed by atoms with van der Waals surface area (Å²) in [6.07, 6.45) is 1.87. The molecule has 2 aromatic heterocycles. The number of aromatic nitrogens is 4. The molecule has 29 heavy (non-hydrogen) atoms. The molecule has 9 nitrogen and oxygen atoms in total. The molecule has 0 saturated carbocycles. The molecule has 152 valence electrons. The third-order valence-electron chi connectivity index (χ3n) is 4.57. The van der Waals surface area contributed by atoms with Crippen LogP contribution in [0.15, 0.2) is 34.9 Å². The van der Waals surface area contributed by atoms with Gasteiger partial charge < -0.3 is 5.32 Å². The average molecular weight is 461 g/mol. The first kappa shape index (κ1) is 20.7. The van der Waals surface area contributed by atoms with Gasteiger partial charge in [0, 0.05) is 18.3 Å². The number of carbonyl (C=O) groups excluding carboxylic acids is 1. The summed E-state index contributed by atoms with van der Waals surface area (Å²) >= 11 is 3.45. The fourth-order valence-corrected chi connectivity index (χ4v) is 3.53. The van der Waals surface area contributed by atoms with Gasteiger partial charge in [-0.15, -0.1) is 0 Å². The molecule has 0 aliphatic heterocycles. The highest BCUT2D eigenvalue weighted by Gasteiger charge is 2.21. The van der Waals surface area contributed by atoms with Crippen LogP contribution in [-0.2, 0) is 19.6 Å². The second-order valence-electron chi connectivity index (χ2n) is 6.60. The van der Waals surface area contributed by atoms with Gasteiger partial charge in [0.1, 0.15) is 11.4 Å². The lowest BCUT2D eigenvalue weighted by Gasteiger charge is -2.08. The third-order valence-corrected chi connectivity index (χ3v) is 5.24. The smallest absolute Gasteiger partial charge is 0.312 e. The normalized spacial score (nSPS) is 10.9. The quantitative estimate of drug-likeness (QED) is 0.429. The van der Waals surface area contributed by atoms with Crippen LogP contribution in [0.2, 0.25) is 0 Å². The Bertz CT molecular complexity index is 1070. The Hall–Kier alpha value is -3.01. The summed E-state index contributed by atoms with van der Waals surface area (Å²) in [6, 6.07) is 7.13. The van der Waals surface area contributed by atoms with Crippen LogP contribution >= 0.6 is 15.9 Å². The van der Waals surface area contributed by atoms with Crippen molar-refractivity contribution < 1.29 is 9.72 Å². The summed E-state index contributed by atoms with van der Waals surface area (Å²) in [6.45, 7) is 6.67. The van der Waals surface area contributed by atoms with Gasteiger partial charge in [-0.2, -0.15) is 10.2 Å². The second-order valence-corrected chi connectivity index (χ2v) is 7.45. The molecule has 10 heteroatoms.